The van der Waals surface area contributed by atoms with Gasteiger partial charge in [0.2, 0.25) is 0 Å². The number of furan rings is 2. The molecule has 6 heteroatoms. The number of halogens is 2. The second kappa shape index (κ2) is 19.4. The van der Waals surface area contributed by atoms with Gasteiger partial charge in [0, 0.05) is 10.8 Å². The van der Waals surface area contributed by atoms with E-state index in [0.717, 1.165) is 46.3 Å². The molecule has 64 heavy (non-hydrogen) atoms. The summed E-state index contributed by atoms with van der Waals surface area (Å²) in [6.45, 7) is 22.1. The summed E-state index contributed by atoms with van der Waals surface area (Å²) in [5, 5.41) is 9.78. The van der Waals surface area contributed by atoms with Crippen LogP contribution >= 0.6 is 17.0 Å². The molecular formula is C58H56Cl2O2SiZr-2. The van der Waals surface area contributed by atoms with Gasteiger partial charge in [-0.15, -0.1) is 57.9 Å². The summed E-state index contributed by atoms with van der Waals surface area (Å²) >= 11 is -1.65. The van der Waals surface area contributed by atoms with Crippen molar-refractivity contribution >= 4 is 65.5 Å². The van der Waals surface area contributed by atoms with Crippen LogP contribution in [0.1, 0.15) is 58.4 Å². The zero-order valence-electron chi connectivity index (χ0n) is 38.7. The van der Waals surface area contributed by atoms with Crippen LogP contribution in [0.15, 0.2) is 143 Å². The third kappa shape index (κ3) is 9.10. The Hall–Kier alpha value is -4.70. The van der Waals surface area contributed by atoms with Gasteiger partial charge in [0.05, 0.1) is 24.0 Å². The second-order valence-corrected chi connectivity index (χ2v) is 40.4. The zero-order valence-corrected chi connectivity index (χ0v) is 43.7. The number of aryl methyl sites for hydroxylation is 6. The van der Waals surface area contributed by atoms with Gasteiger partial charge < -0.3 is 8.83 Å². The molecule has 0 unspecified atom stereocenters. The van der Waals surface area contributed by atoms with E-state index in [2.05, 4.69) is 190 Å². The number of hydrogen-bond acceptors (Lipinski definition) is 2. The number of fused-ring (bicyclic) bond motifs is 4. The second-order valence-electron chi connectivity index (χ2n) is 17.4. The normalized spacial score (nSPS) is 11.2. The molecule has 0 N–H and O–H groups in total. The van der Waals surface area contributed by atoms with E-state index in [9.17, 15) is 0 Å². The van der Waals surface area contributed by atoms with E-state index < -0.39 is 18.0 Å². The Bertz CT molecular complexity index is 3090. The molecule has 0 spiro atoms. The molecule has 0 aliphatic heterocycles. The predicted molar refractivity (Wildman–Crippen MR) is 277 cm³/mol. The van der Waals surface area contributed by atoms with Crippen LogP contribution in [0.3, 0.4) is 0 Å². The third-order valence-electron chi connectivity index (χ3n) is 13.1. The molecule has 0 saturated heterocycles. The summed E-state index contributed by atoms with van der Waals surface area (Å²) in [6.07, 6.45) is 5.74. The molecule has 10 aromatic rings. The molecule has 0 radical (unpaired) electrons. The Morgan fingerprint density at radius 1 is 0.500 bits per heavy atom. The van der Waals surface area contributed by atoms with Crippen molar-refractivity contribution in [3.63, 3.8) is 0 Å². The Labute approximate surface area is 393 Å². The topological polar surface area (TPSA) is 26.3 Å². The standard InChI is InChI=1S/2C28H25O.C2H6Si.2ClH.Zr/c2*1-5-20-10-11-21-14-24(28-25-9-7-6-8-22(25)16-29-28)15-26(21)27(20)23-12-17(2)19(4)18(3)13-23;1-3-2;;;/h2*6-16H,5H2,1-4H3;1-2H3;2*1H;/q2*-1;;;;+2/p-2. The van der Waals surface area contributed by atoms with Crippen molar-refractivity contribution in [1.29, 1.82) is 0 Å². The molecule has 8 aromatic carbocycles. The summed E-state index contributed by atoms with van der Waals surface area (Å²) in [7, 11) is 11.2. The van der Waals surface area contributed by atoms with Crippen LogP contribution in [0.5, 0.6) is 0 Å². The summed E-state index contributed by atoms with van der Waals surface area (Å²) in [4.78, 5) is 0. The summed E-state index contributed by atoms with van der Waals surface area (Å²) in [5.74, 6) is 1.91. The maximum atomic E-state index is 5.99. The molecular weight excluding hydrogens is 919 g/mol. The number of rotatable bonds is 6. The first-order valence-electron chi connectivity index (χ1n) is 22.3. The van der Waals surface area contributed by atoms with Crippen molar-refractivity contribution in [2.45, 2.75) is 81.3 Å². The predicted octanol–water partition coefficient (Wildman–Crippen LogP) is 18.4. The van der Waals surface area contributed by atoms with Gasteiger partial charge in [-0.25, -0.2) is 0 Å². The van der Waals surface area contributed by atoms with Crippen LogP contribution in [0.4, 0.5) is 0 Å². The van der Waals surface area contributed by atoms with Gasteiger partial charge in [-0.1, -0.05) is 121 Å². The fraction of sp³-hybridized carbons (Fsp3) is 0.207. The molecule has 2 nitrogen and oxygen atoms in total. The molecule has 2 heterocycles. The average molecular weight is 975 g/mol. The van der Waals surface area contributed by atoms with Crippen molar-refractivity contribution in [3.05, 3.63) is 178 Å². The fourth-order valence-corrected chi connectivity index (χ4v) is 8.98. The molecule has 0 bridgehead atoms. The average Bonchev–Trinajstić information content (AvgIpc) is 4.11. The van der Waals surface area contributed by atoms with Crippen molar-refractivity contribution in [2.24, 2.45) is 0 Å². The van der Waals surface area contributed by atoms with Crippen molar-refractivity contribution in [3.8, 4) is 44.9 Å². The molecule has 0 saturated carbocycles. The van der Waals surface area contributed by atoms with Crippen LogP contribution < -0.4 is 0 Å². The van der Waals surface area contributed by atoms with Gasteiger partial charge in [-0.3, -0.25) is 0 Å². The van der Waals surface area contributed by atoms with Crippen molar-refractivity contribution in [1.82, 2.24) is 0 Å². The van der Waals surface area contributed by atoms with Gasteiger partial charge in [0.25, 0.3) is 0 Å². The molecule has 0 amide bonds. The fourth-order valence-electron chi connectivity index (χ4n) is 8.98. The van der Waals surface area contributed by atoms with Crippen LogP contribution in [-0.2, 0) is 30.8 Å². The SMILES string of the molecule is CCc1ccc2[cH-]c(-c3occ4ccccc34)cc2c1-c1cc(C)c(C)c(C)c1.CCc1ccc2[cH-]c(-c3occ4ccccc34)cc2c1-c1cc(C)c(C)c(C)c1.C[Si](C)=[Zr]([Cl])[Cl]. The van der Waals surface area contributed by atoms with E-state index in [0.29, 0.717) is 0 Å². The van der Waals surface area contributed by atoms with E-state index in [1.54, 1.807) is 0 Å². The molecule has 0 aliphatic carbocycles. The minimum atomic E-state index is -1.65. The van der Waals surface area contributed by atoms with Crippen LogP contribution in [0.25, 0.3) is 88.0 Å². The summed E-state index contributed by atoms with van der Waals surface area (Å²) in [5.41, 5.74) is 18.4. The van der Waals surface area contributed by atoms with Crippen molar-refractivity contribution in [2.75, 3.05) is 0 Å². The monoisotopic (exact) mass is 972 g/mol. The zero-order chi connectivity index (χ0) is 45.4. The van der Waals surface area contributed by atoms with E-state index in [1.165, 1.54) is 99.1 Å². The molecule has 0 fully saturated rings. The molecule has 10 rings (SSSR count). The van der Waals surface area contributed by atoms with Gasteiger partial charge in [-0.05, 0) is 121 Å². The van der Waals surface area contributed by atoms with Crippen LogP contribution in [-0.4, -0.2) is 5.43 Å². The minimum absolute atomic E-state index is 0.224. The maximum absolute atomic E-state index is 5.99. The first kappa shape index (κ1) is 45.9. The Kier molecular flexibility index (Phi) is 13.9. The van der Waals surface area contributed by atoms with E-state index in [1.807, 2.05) is 12.5 Å². The van der Waals surface area contributed by atoms with E-state index in [-0.39, 0.29) is 5.43 Å². The Morgan fingerprint density at radius 3 is 1.20 bits per heavy atom. The van der Waals surface area contributed by atoms with E-state index in [4.69, 9.17) is 25.9 Å². The molecule has 0 aliphatic rings. The van der Waals surface area contributed by atoms with Gasteiger partial charge in [0.1, 0.15) is 0 Å². The van der Waals surface area contributed by atoms with Gasteiger partial charge >= 0.3 is 53.5 Å². The number of hydrogen-bond donors (Lipinski definition) is 0. The molecule has 324 valence electrons. The third-order valence-corrected chi connectivity index (χ3v) is 32.8. The quantitative estimate of drug-likeness (QED) is 0.123. The Morgan fingerprint density at radius 2 is 0.859 bits per heavy atom. The van der Waals surface area contributed by atoms with Crippen LogP contribution in [0.2, 0.25) is 13.1 Å². The summed E-state index contributed by atoms with van der Waals surface area (Å²) < 4.78 is 12.0. The number of benzene rings is 6. The van der Waals surface area contributed by atoms with Gasteiger partial charge in [0.15, 0.2) is 0 Å². The Balaban J connectivity index is 0.000000156. The summed E-state index contributed by atoms with van der Waals surface area (Å²) in [6, 6.07) is 44.3. The molecule has 0 atom stereocenters. The first-order valence-corrected chi connectivity index (χ1v) is 34.8. The first-order chi connectivity index (χ1) is 30.8. The molecule has 2 aromatic heterocycles. The van der Waals surface area contributed by atoms with Gasteiger partial charge in [-0.2, -0.15) is 0 Å². The van der Waals surface area contributed by atoms with Crippen molar-refractivity contribution < 1.29 is 26.8 Å². The van der Waals surface area contributed by atoms with Crippen LogP contribution in [0, 0.1) is 41.5 Å². The van der Waals surface area contributed by atoms with E-state index >= 15 is 0 Å².